The van der Waals surface area contributed by atoms with Crippen molar-refractivity contribution >= 4 is 31.7 Å². The highest BCUT2D eigenvalue weighted by Gasteiger charge is 2.11. The highest BCUT2D eigenvalue weighted by atomic mass is 79.9. The molecule has 0 aliphatic carbocycles. The fourth-order valence-corrected chi connectivity index (χ4v) is 3.08. The van der Waals surface area contributed by atoms with Crippen molar-refractivity contribution in [1.82, 2.24) is 0 Å². The Hall–Kier alpha value is -0.630. The van der Waals surface area contributed by atoms with Crippen LogP contribution in [0.3, 0.4) is 0 Å². The summed E-state index contributed by atoms with van der Waals surface area (Å²) in [4.78, 5) is 2.11. The molecule has 1 aromatic rings. The molecule has 5 nitrogen and oxygen atoms in total. The topological polar surface area (TPSA) is 72.6 Å². The molecule has 0 aromatic heterocycles. The minimum Gasteiger partial charge on any atom is -0.368 e. The molecule has 0 spiro atoms. The predicted molar refractivity (Wildman–Crippen MR) is 100.0 cm³/mol. The number of hydrogen-bond acceptors (Lipinski definition) is 5. The Balaban J connectivity index is 2.87. The zero-order valence-corrected chi connectivity index (χ0v) is 16.5. The first-order valence-corrected chi connectivity index (χ1v) is 10.7. The van der Waals surface area contributed by atoms with Crippen molar-refractivity contribution in [3.8, 4) is 0 Å². The standard InChI is InChI=1S/C16H27BrN2O3S/c1-4-15(18)11-14-12-16(6-5-13(14)2)19(8-7-17)9-10-22-23(3,20)21/h5-6,12,15H,4,7-11,18H2,1-3H3/t15-/m1/s1. The first kappa shape index (κ1) is 20.4. The number of aryl methyl sites for hydroxylation is 1. The van der Waals surface area contributed by atoms with Crippen LogP contribution < -0.4 is 10.6 Å². The largest absolute Gasteiger partial charge is 0.368 e. The molecule has 0 fully saturated rings. The van der Waals surface area contributed by atoms with Gasteiger partial charge in [0.1, 0.15) is 0 Å². The smallest absolute Gasteiger partial charge is 0.264 e. The number of rotatable bonds is 10. The Bertz CT molecular complexity index is 593. The van der Waals surface area contributed by atoms with E-state index in [1.54, 1.807) is 0 Å². The van der Waals surface area contributed by atoms with Crippen LogP contribution in [-0.2, 0) is 20.7 Å². The van der Waals surface area contributed by atoms with Gasteiger partial charge in [0.05, 0.1) is 12.9 Å². The van der Waals surface area contributed by atoms with E-state index in [0.717, 1.165) is 36.7 Å². The Kier molecular flexibility index (Phi) is 8.53. The maximum Gasteiger partial charge on any atom is 0.264 e. The van der Waals surface area contributed by atoms with Crippen molar-refractivity contribution < 1.29 is 12.6 Å². The van der Waals surface area contributed by atoms with Crippen molar-refractivity contribution in [2.24, 2.45) is 5.73 Å². The number of nitrogens with two attached hydrogens (primary N) is 1. The summed E-state index contributed by atoms with van der Waals surface area (Å²) >= 11 is 3.44. The summed E-state index contributed by atoms with van der Waals surface area (Å²) in [6, 6.07) is 6.45. The van der Waals surface area contributed by atoms with Gasteiger partial charge in [0, 0.05) is 30.1 Å². The molecule has 1 aromatic carbocycles. The molecule has 1 atom stereocenters. The molecule has 0 heterocycles. The SMILES string of the molecule is CC[C@@H](N)Cc1cc(N(CCBr)CCOS(C)(=O)=O)ccc1C. The molecule has 132 valence electrons. The average Bonchev–Trinajstić information content (AvgIpc) is 2.47. The van der Waals surface area contributed by atoms with Crippen molar-refractivity contribution in [3.05, 3.63) is 29.3 Å². The molecular weight excluding hydrogens is 380 g/mol. The molecule has 0 aliphatic heterocycles. The summed E-state index contributed by atoms with van der Waals surface area (Å²) in [6.45, 7) is 5.60. The normalized spacial score (nSPS) is 13.1. The van der Waals surface area contributed by atoms with E-state index in [4.69, 9.17) is 9.92 Å². The van der Waals surface area contributed by atoms with Crippen LogP contribution in [0.4, 0.5) is 5.69 Å². The maximum atomic E-state index is 11.1. The highest BCUT2D eigenvalue weighted by molar-refractivity contribution is 9.09. The lowest BCUT2D eigenvalue weighted by Crippen LogP contribution is -2.30. The molecule has 1 rings (SSSR count). The molecule has 7 heteroatoms. The zero-order chi connectivity index (χ0) is 17.5. The van der Waals surface area contributed by atoms with Crippen molar-refractivity contribution in [2.45, 2.75) is 32.7 Å². The Labute approximate surface area is 148 Å². The van der Waals surface area contributed by atoms with Gasteiger partial charge in [-0.25, -0.2) is 0 Å². The third kappa shape index (κ3) is 7.65. The van der Waals surface area contributed by atoms with Crippen LogP contribution in [-0.4, -0.2) is 45.7 Å². The quantitative estimate of drug-likeness (QED) is 0.477. The first-order chi connectivity index (χ1) is 10.8. The van der Waals surface area contributed by atoms with E-state index in [0.29, 0.717) is 6.54 Å². The van der Waals surface area contributed by atoms with E-state index < -0.39 is 10.1 Å². The number of halogens is 1. The second-order valence-electron chi connectivity index (χ2n) is 5.69. The number of benzene rings is 1. The van der Waals surface area contributed by atoms with Crippen LogP contribution >= 0.6 is 15.9 Å². The molecule has 0 amide bonds. The van der Waals surface area contributed by atoms with Gasteiger partial charge in [0.25, 0.3) is 10.1 Å². The van der Waals surface area contributed by atoms with Crippen molar-refractivity contribution in [3.63, 3.8) is 0 Å². The summed E-state index contributed by atoms with van der Waals surface area (Å²) in [5.41, 5.74) is 9.60. The van der Waals surface area contributed by atoms with Crippen LogP contribution in [0.1, 0.15) is 24.5 Å². The van der Waals surface area contributed by atoms with Crippen molar-refractivity contribution in [2.75, 3.05) is 36.2 Å². The number of anilines is 1. The van der Waals surface area contributed by atoms with Gasteiger partial charge in [0.15, 0.2) is 0 Å². The monoisotopic (exact) mass is 406 g/mol. The van der Waals surface area contributed by atoms with E-state index in [1.807, 2.05) is 0 Å². The van der Waals surface area contributed by atoms with Crippen LogP contribution in [0.5, 0.6) is 0 Å². The highest BCUT2D eigenvalue weighted by Crippen LogP contribution is 2.21. The molecule has 23 heavy (non-hydrogen) atoms. The summed E-state index contributed by atoms with van der Waals surface area (Å²) in [5, 5.41) is 0.795. The van der Waals surface area contributed by atoms with Gasteiger partial charge in [-0.2, -0.15) is 8.42 Å². The van der Waals surface area contributed by atoms with Gasteiger partial charge >= 0.3 is 0 Å². The predicted octanol–water partition coefficient (Wildman–Crippen LogP) is 2.45. The van der Waals surface area contributed by atoms with Gasteiger partial charge in [-0.05, 0) is 43.0 Å². The van der Waals surface area contributed by atoms with Crippen molar-refractivity contribution in [1.29, 1.82) is 0 Å². The van der Waals surface area contributed by atoms with Crippen LogP contribution in [0.25, 0.3) is 0 Å². The molecule has 2 N–H and O–H groups in total. The van der Waals surface area contributed by atoms with E-state index in [1.165, 1.54) is 11.1 Å². The lowest BCUT2D eigenvalue weighted by molar-refractivity contribution is 0.328. The summed E-state index contributed by atoms with van der Waals surface area (Å²) < 4.78 is 27.1. The molecule has 0 unspecified atom stereocenters. The lowest BCUT2D eigenvalue weighted by atomic mass is 9.99. The minimum atomic E-state index is -3.41. The average molecular weight is 407 g/mol. The van der Waals surface area contributed by atoms with E-state index in [9.17, 15) is 8.42 Å². The molecule has 0 saturated heterocycles. The fraction of sp³-hybridized carbons (Fsp3) is 0.625. The Morgan fingerprint density at radius 2 is 2.04 bits per heavy atom. The number of hydrogen-bond donors (Lipinski definition) is 1. The van der Waals surface area contributed by atoms with E-state index >= 15 is 0 Å². The zero-order valence-electron chi connectivity index (χ0n) is 14.1. The summed E-state index contributed by atoms with van der Waals surface area (Å²) in [5.74, 6) is 0. The van der Waals surface area contributed by atoms with Gasteiger partial charge in [-0.1, -0.05) is 28.9 Å². The van der Waals surface area contributed by atoms with Gasteiger partial charge in [-0.15, -0.1) is 0 Å². The molecule has 0 radical (unpaired) electrons. The molecular formula is C16H27BrN2O3S. The molecule has 0 aliphatic rings. The summed E-state index contributed by atoms with van der Waals surface area (Å²) in [7, 11) is -3.41. The van der Waals surface area contributed by atoms with Gasteiger partial charge in [0.2, 0.25) is 0 Å². The Morgan fingerprint density at radius 3 is 2.61 bits per heavy atom. The van der Waals surface area contributed by atoms with E-state index in [-0.39, 0.29) is 12.6 Å². The van der Waals surface area contributed by atoms with Crippen LogP contribution in [0, 0.1) is 6.92 Å². The molecule has 0 saturated carbocycles. The second-order valence-corrected chi connectivity index (χ2v) is 8.12. The minimum absolute atomic E-state index is 0.142. The Morgan fingerprint density at radius 1 is 1.35 bits per heavy atom. The number of alkyl halides is 1. The lowest BCUT2D eigenvalue weighted by Gasteiger charge is -2.25. The third-order valence-corrected chi connectivity index (χ3v) is 4.67. The fourth-order valence-electron chi connectivity index (χ4n) is 2.27. The summed E-state index contributed by atoms with van der Waals surface area (Å²) in [6.07, 6.45) is 2.85. The first-order valence-electron chi connectivity index (χ1n) is 7.77. The molecule has 0 bridgehead atoms. The third-order valence-electron chi connectivity index (χ3n) is 3.72. The van der Waals surface area contributed by atoms with Crippen LogP contribution in [0.2, 0.25) is 0 Å². The second kappa shape index (κ2) is 9.61. The van der Waals surface area contributed by atoms with Gasteiger partial charge in [-0.3, -0.25) is 4.18 Å². The number of nitrogens with zero attached hydrogens (tertiary/aromatic N) is 1. The van der Waals surface area contributed by atoms with Gasteiger partial charge < -0.3 is 10.6 Å². The maximum absolute atomic E-state index is 11.1. The van der Waals surface area contributed by atoms with Crippen LogP contribution in [0.15, 0.2) is 18.2 Å². The van der Waals surface area contributed by atoms with E-state index in [2.05, 4.69) is 52.9 Å².